The highest BCUT2D eigenvalue weighted by atomic mass is 16.5. The Morgan fingerprint density at radius 3 is 2.33 bits per heavy atom. The molecule has 2 heteroatoms. The van der Waals surface area contributed by atoms with Crippen molar-refractivity contribution in [2.45, 2.75) is 33.3 Å². The summed E-state index contributed by atoms with van der Waals surface area (Å²) in [5.74, 6) is 0.860. The molecule has 0 aliphatic heterocycles. The molecular formula is C13H20O2. The van der Waals surface area contributed by atoms with Crippen molar-refractivity contribution >= 4 is 0 Å². The summed E-state index contributed by atoms with van der Waals surface area (Å²) in [6, 6.07) is 9.68. The van der Waals surface area contributed by atoms with E-state index < -0.39 is 0 Å². The van der Waals surface area contributed by atoms with Crippen molar-refractivity contribution in [3.8, 4) is 5.75 Å². The first kappa shape index (κ1) is 12.1. The molecule has 0 fully saturated rings. The minimum atomic E-state index is -0.318. The Balaban J connectivity index is 2.28. The van der Waals surface area contributed by atoms with Crippen LogP contribution >= 0.6 is 0 Å². The van der Waals surface area contributed by atoms with E-state index in [1.807, 2.05) is 51.1 Å². The number of para-hydroxylation sites is 1. The van der Waals surface area contributed by atoms with Crippen molar-refractivity contribution in [2.24, 2.45) is 5.41 Å². The summed E-state index contributed by atoms with van der Waals surface area (Å²) >= 11 is 0. The molecule has 1 unspecified atom stereocenters. The maximum Gasteiger partial charge on any atom is 0.119 e. The molecule has 0 heterocycles. The number of hydrogen-bond donors (Lipinski definition) is 1. The molecule has 2 nitrogen and oxygen atoms in total. The Hall–Kier alpha value is -1.02. The molecule has 0 aromatic heterocycles. The summed E-state index contributed by atoms with van der Waals surface area (Å²) in [5.41, 5.74) is -0.0694. The number of aliphatic hydroxyl groups excluding tert-OH is 1. The second kappa shape index (κ2) is 5.17. The van der Waals surface area contributed by atoms with Gasteiger partial charge in [0, 0.05) is 6.42 Å². The first-order chi connectivity index (χ1) is 7.00. The van der Waals surface area contributed by atoms with Crippen LogP contribution in [0.15, 0.2) is 30.3 Å². The molecule has 0 aliphatic carbocycles. The molecule has 15 heavy (non-hydrogen) atoms. The van der Waals surface area contributed by atoms with E-state index in [0.29, 0.717) is 13.0 Å². The third-order valence-corrected chi connectivity index (χ3v) is 2.40. The highest BCUT2D eigenvalue weighted by molar-refractivity contribution is 5.20. The fourth-order valence-electron chi connectivity index (χ4n) is 1.24. The second-order valence-electron chi connectivity index (χ2n) is 4.83. The van der Waals surface area contributed by atoms with E-state index in [9.17, 15) is 5.11 Å². The van der Waals surface area contributed by atoms with Gasteiger partial charge >= 0.3 is 0 Å². The Labute approximate surface area is 91.9 Å². The van der Waals surface area contributed by atoms with Crippen LogP contribution in [-0.4, -0.2) is 17.8 Å². The standard InChI is InChI=1S/C13H20O2/c1-13(2,3)12(14)9-10-15-11-7-5-4-6-8-11/h4-8,12,14H,9-10H2,1-3H3. The van der Waals surface area contributed by atoms with Gasteiger partial charge in [0.2, 0.25) is 0 Å². The van der Waals surface area contributed by atoms with Crippen molar-refractivity contribution in [3.05, 3.63) is 30.3 Å². The lowest BCUT2D eigenvalue weighted by Gasteiger charge is -2.25. The second-order valence-corrected chi connectivity index (χ2v) is 4.83. The van der Waals surface area contributed by atoms with Crippen LogP contribution < -0.4 is 4.74 Å². The number of ether oxygens (including phenoxy) is 1. The van der Waals surface area contributed by atoms with Gasteiger partial charge < -0.3 is 9.84 Å². The zero-order valence-corrected chi connectivity index (χ0v) is 9.73. The Morgan fingerprint density at radius 2 is 1.80 bits per heavy atom. The molecule has 1 N–H and O–H groups in total. The summed E-state index contributed by atoms with van der Waals surface area (Å²) < 4.78 is 5.51. The third kappa shape index (κ3) is 4.34. The van der Waals surface area contributed by atoms with E-state index in [1.54, 1.807) is 0 Å². The number of rotatable bonds is 4. The van der Waals surface area contributed by atoms with Gasteiger partial charge in [0.25, 0.3) is 0 Å². The van der Waals surface area contributed by atoms with Crippen LogP contribution in [0.5, 0.6) is 5.75 Å². The molecule has 0 saturated heterocycles. The molecule has 0 saturated carbocycles. The van der Waals surface area contributed by atoms with Crippen LogP contribution in [-0.2, 0) is 0 Å². The summed E-state index contributed by atoms with van der Waals surface area (Å²) in [6.07, 6.45) is 0.347. The topological polar surface area (TPSA) is 29.5 Å². The van der Waals surface area contributed by atoms with Gasteiger partial charge in [-0.05, 0) is 17.5 Å². The van der Waals surface area contributed by atoms with Crippen LogP contribution in [0.3, 0.4) is 0 Å². The number of hydrogen-bond acceptors (Lipinski definition) is 2. The zero-order chi connectivity index (χ0) is 11.3. The van der Waals surface area contributed by atoms with Crippen molar-refractivity contribution in [1.29, 1.82) is 0 Å². The van der Waals surface area contributed by atoms with Crippen LogP contribution in [0.4, 0.5) is 0 Å². The minimum absolute atomic E-state index is 0.0694. The largest absolute Gasteiger partial charge is 0.493 e. The van der Waals surface area contributed by atoms with Gasteiger partial charge in [-0.1, -0.05) is 39.0 Å². The van der Waals surface area contributed by atoms with Crippen LogP contribution in [0.25, 0.3) is 0 Å². The lowest BCUT2D eigenvalue weighted by molar-refractivity contribution is 0.0436. The van der Waals surface area contributed by atoms with Gasteiger partial charge in [-0.25, -0.2) is 0 Å². The SMILES string of the molecule is CC(C)(C)C(O)CCOc1ccccc1. The molecule has 1 atom stereocenters. The maximum absolute atomic E-state index is 9.78. The highest BCUT2D eigenvalue weighted by Crippen LogP contribution is 2.21. The Bertz CT molecular complexity index is 274. The first-order valence-corrected chi connectivity index (χ1v) is 5.36. The molecule has 1 aromatic rings. The lowest BCUT2D eigenvalue weighted by Crippen LogP contribution is -2.27. The Kier molecular flexibility index (Phi) is 4.15. The van der Waals surface area contributed by atoms with E-state index in [0.717, 1.165) is 5.75 Å². The van der Waals surface area contributed by atoms with Gasteiger partial charge in [-0.2, -0.15) is 0 Å². The maximum atomic E-state index is 9.78. The van der Waals surface area contributed by atoms with Crippen molar-refractivity contribution in [3.63, 3.8) is 0 Å². The molecule has 0 bridgehead atoms. The molecule has 0 aliphatic rings. The molecule has 0 spiro atoms. The van der Waals surface area contributed by atoms with Crippen LogP contribution in [0.2, 0.25) is 0 Å². The first-order valence-electron chi connectivity index (χ1n) is 5.36. The van der Waals surface area contributed by atoms with E-state index in [1.165, 1.54) is 0 Å². The third-order valence-electron chi connectivity index (χ3n) is 2.40. The van der Waals surface area contributed by atoms with E-state index in [2.05, 4.69) is 0 Å². The number of aliphatic hydroxyl groups is 1. The Morgan fingerprint density at radius 1 is 1.20 bits per heavy atom. The molecule has 1 aromatic carbocycles. The van der Waals surface area contributed by atoms with Crippen LogP contribution in [0.1, 0.15) is 27.2 Å². The quantitative estimate of drug-likeness (QED) is 0.824. The van der Waals surface area contributed by atoms with E-state index in [-0.39, 0.29) is 11.5 Å². The van der Waals surface area contributed by atoms with Gasteiger partial charge in [-0.15, -0.1) is 0 Å². The van der Waals surface area contributed by atoms with Gasteiger partial charge in [-0.3, -0.25) is 0 Å². The van der Waals surface area contributed by atoms with Crippen molar-refractivity contribution < 1.29 is 9.84 Å². The summed E-state index contributed by atoms with van der Waals surface area (Å²) in [6.45, 7) is 6.64. The zero-order valence-electron chi connectivity index (χ0n) is 9.73. The predicted molar refractivity (Wildman–Crippen MR) is 62.0 cm³/mol. The van der Waals surface area contributed by atoms with Gasteiger partial charge in [0.1, 0.15) is 5.75 Å². The van der Waals surface area contributed by atoms with Crippen LogP contribution in [0, 0.1) is 5.41 Å². The fraction of sp³-hybridized carbons (Fsp3) is 0.538. The molecule has 0 amide bonds. The van der Waals surface area contributed by atoms with Gasteiger partial charge in [0.15, 0.2) is 0 Å². The lowest BCUT2D eigenvalue weighted by atomic mass is 9.87. The predicted octanol–water partition coefficient (Wildman–Crippen LogP) is 2.86. The van der Waals surface area contributed by atoms with E-state index in [4.69, 9.17) is 4.74 Å². The summed E-state index contributed by atoms with van der Waals surface area (Å²) in [4.78, 5) is 0. The highest BCUT2D eigenvalue weighted by Gasteiger charge is 2.21. The minimum Gasteiger partial charge on any atom is -0.493 e. The number of benzene rings is 1. The molecular weight excluding hydrogens is 188 g/mol. The molecule has 1 rings (SSSR count). The molecule has 0 radical (unpaired) electrons. The normalized spacial score (nSPS) is 13.6. The smallest absolute Gasteiger partial charge is 0.119 e. The summed E-state index contributed by atoms with van der Waals surface area (Å²) in [5, 5.41) is 9.78. The average Bonchev–Trinajstić information content (AvgIpc) is 2.18. The summed E-state index contributed by atoms with van der Waals surface area (Å²) in [7, 11) is 0. The monoisotopic (exact) mass is 208 g/mol. The van der Waals surface area contributed by atoms with Crippen molar-refractivity contribution in [2.75, 3.05) is 6.61 Å². The van der Waals surface area contributed by atoms with Crippen molar-refractivity contribution in [1.82, 2.24) is 0 Å². The van der Waals surface area contributed by atoms with Gasteiger partial charge in [0.05, 0.1) is 12.7 Å². The average molecular weight is 208 g/mol. The fourth-order valence-corrected chi connectivity index (χ4v) is 1.24. The van der Waals surface area contributed by atoms with E-state index >= 15 is 0 Å². The molecule has 84 valence electrons.